The Hall–Kier alpha value is -2.68. The Bertz CT molecular complexity index is 1150. The third-order valence-corrected chi connectivity index (χ3v) is 6.58. The van der Waals surface area contributed by atoms with Gasteiger partial charge in [0.15, 0.2) is 0 Å². The van der Waals surface area contributed by atoms with Gasteiger partial charge in [0, 0.05) is 16.7 Å². The fourth-order valence-electron chi connectivity index (χ4n) is 2.91. The van der Waals surface area contributed by atoms with Crippen LogP contribution in [0.3, 0.4) is 0 Å². The minimum absolute atomic E-state index is 0.123. The monoisotopic (exact) mass is 516 g/mol. The zero-order valence-corrected chi connectivity index (χ0v) is 20.1. The Morgan fingerprint density at radius 3 is 2.41 bits per heavy atom. The second-order valence-electron chi connectivity index (χ2n) is 7.13. The molecule has 3 aromatic rings. The lowest BCUT2D eigenvalue weighted by molar-refractivity contribution is 0.102. The van der Waals surface area contributed by atoms with Crippen LogP contribution in [0.2, 0.25) is 0 Å². The molecular weight excluding hydrogens is 492 g/mol. The van der Waals surface area contributed by atoms with Gasteiger partial charge in [0.05, 0.1) is 17.1 Å². The molecule has 168 valence electrons. The van der Waals surface area contributed by atoms with Gasteiger partial charge in [-0.3, -0.25) is 4.79 Å². The lowest BCUT2D eigenvalue weighted by Crippen LogP contribution is -2.23. The first-order valence-corrected chi connectivity index (χ1v) is 12.5. The summed E-state index contributed by atoms with van der Waals surface area (Å²) in [6.07, 6.45) is 1.89. The summed E-state index contributed by atoms with van der Waals surface area (Å²) >= 11 is 3.39. The molecule has 0 radical (unpaired) electrons. The molecule has 0 aromatic heterocycles. The average molecular weight is 517 g/mol. The van der Waals surface area contributed by atoms with E-state index in [1.165, 1.54) is 12.1 Å². The molecule has 0 saturated carbocycles. The van der Waals surface area contributed by atoms with Gasteiger partial charge in [-0.25, -0.2) is 13.1 Å². The number of hydrogen-bond donors (Lipinski definition) is 2. The summed E-state index contributed by atoms with van der Waals surface area (Å²) in [6, 6.07) is 20.6. The van der Waals surface area contributed by atoms with Crippen LogP contribution in [0, 0.1) is 0 Å². The van der Waals surface area contributed by atoms with Crippen molar-refractivity contribution in [2.75, 3.05) is 11.9 Å². The van der Waals surface area contributed by atoms with Crippen LogP contribution in [-0.4, -0.2) is 20.9 Å². The SMILES string of the molecule is CCCCOc1ccc(Br)cc1C(=O)Nc1ccc(S(=O)(=O)NCc2ccccc2)cc1. The third-order valence-electron chi connectivity index (χ3n) is 4.67. The molecule has 0 aliphatic rings. The molecule has 0 heterocycles. The van der Waals surface area contributed by atoms with E-state index in [9.17, 15) is 13.2 Å². The van der Waals surface area contributed by atoms with Gasteiger partial charge in [-0.15, -0.1) is 0 Å². The van der Waals surface area contributed by atoms with Gasteiger partial charge in [0.2, 0.25) is 10.0 Å². The number of unbranched alkanes of at least 4 members (excludes halogenated alkanes) is 1. The molecule has 0 fully saturated rings. The molecule has 8 heteroatoms. The van der Waals surface area contributed by atoms with Gasteiger partial charge in [-0.1, -0.05) is 59.6 Å². The summed E-state index contributed by atoms with van der Waals surface area (Å²) in [5.41, 5.74) is 1.75. The quantitative estimate of drug-likeness (QED) is 0.355. The number of rotatable bonds is 10. The molecule has 3 aromatic carbocycles. The first-order valence-electron chi connectivity index (χ1n) is 10.3. The normalized spacial score (nSPS) is 11.2. The fourth-order valence-corrected chi connectivity index (χ4v) is 4.28. The number of halogens is 1. The lowest BCUT2D eigenvalue weighted by atomic mass is 10.2. The number of anilines is 1. The summed E-state index contributed by atoms with van der Waals surface area (Å²) in [7, 11) is -3.67. The molecule has 2 N–H and O–H groups in total. The number of sulfonamides is 1. The van der Waals surface area contributed by atoms with Crippen LogP contribution in [0.15, 0.2) is 82.2 Å². The molecule has 32 heavy (non-hydrogen) atoms. The second kappa shape index (κ2) is 11.3. The second-order valence-corrected chi connectivity index (χ2v) is 9.81. The Balaban J connectivity index is 1.68. The number of carbonyl (C=O) groups is 1. The van der Waals surface area contributed by atoms with Crippen molar-refractivity contribution in [3.63, 3.8) is 0 Å². The maximum atomic E-state index is 12.8. The number of benzene rings is 3. The number of carbonyl (C=O) groups excluding carboxylic acids is 1. The summed E-state index contributed by atoms with van der Waals surface area (Å²) < 4.78 is 34.2. The van der Waals surface area contributed by atoms with E-state index < -0.39 is 10.0 Å². The van der Waals surface area contributed by atoms with Crippen molar-refractivity contribution in [3.05, 3.63) is 88.4 Å². The van der Waals surface area contributed by atoms with Crippen molar-refractivity contribution in [2.24, 2.45) is 0 Å². The zero-order valence-electron chi connectivity index (χ0n) is 17.7. The molecule has 0 spiro atoms. The van der Waals surface area contributed by atoms with Crippen LogP contribution in [0.4, 0.5) is 5.69 Å². The molecule has 6 nitrogen and oxygen atoms in total. The van der Waals surface area contributed by atoms with Crippen molar-refractivity contribution in [2.45, 2.75) is 31.2 Å². The first kappa shape index (κ1) is 24.0. The van der Waals surface area contributed by atoms with Crippen molar-refractivity contribution in [1.29, 1.82) is 0 Å². The molecular formula is C24H25BrN2O4S. The Morgan fingerprint density at radius 2 is 1.72 bits per heavy atom. The van der Waals surface area contributed by atoms with Crippen molar-refractivity contribution < 1.29 is 17.9 Å². The highest BCUT2D eigenvalue weighted by Crippen LogP contribution is 2.25. The number of amides is 1. The predicted octanol–water partition coefficient (Wildman–Crippen LogP) is 5.36. The number of hydrogen-bond acceptors (Lipinski definition) is 4. The Labute approximate surface area is 197 Å². The Kier molecular flexibility index (Phi) is 8.44. The Morgan fingerprint density at radius 1 is 1.00 bits per heavy atom. The lowest BCUT2D eigenvalue weighted by Gasteiger charge is -2.13. The maximum Gasteiger partial charge on any atom is 0.259 e. The minimum atomic E-state index is -3.67. The van der Waals surface area contributed by atoms with Gasteiger partial charge in [0.25, 0.3) is 5.91 Å². The fraction of sp³-hybridized carbons (Fsp3) is 0.208. The van der Waals surface area contributed by atoms with E-state index in [4.69, 9.17) is 4.74 Å². The molecule has 0 atom stereocenters. The molecule has 1 amide bonds. The summed E-state index contributed by atoms with van der Waals surface area (Å²) in [4.78, 5) is 12.9. The smallest absolute Gasteiger partial charge is 0.259 e. The van der Waals surface area contributed by atoms with Crippen molar-refractivity contribution in [3.8, 4) is 5.75 Å². The van der Waals surface area contributed by atoms with Crippen LogP contribution in [-0.2, 0) is 16.6 Å². The van der Waals surface area contributed by atoms with Gasteiger partial charge in [-0.2, -0.15) is 0 Å². The van der Waals surface area contributed by atoms with Gasteiger partial charge < -0.3 is 10.1 Å². The van der Waals surface area contributed by atoms with E-state index in [2.05, 4.69) is 32.9 Å². The van der Waals surface area contributed by atoms with Crippen LogP contribution < -0.4 is 14.8 Å². The highest BCUT2D eigenvalue weighted by Gasteiger charge is 2.16. The number of nitrogens with one attached hydrogen (secondary N) is 2. The van der Waals surface area contributed by atoms with Gasteiger partial charge in [-0.05, 0) is 54.4 Å². The van der Waals surface area contributed by atoms with Crippen LogP contribution in [0.5, 0.6) is 5.75 Å². The van der Waals surface area contributed by atoms with E-state index in [1.54, 1.807) is 24.3 Å². The van der Waals surface area contributed by atoms with Crippen LogP contribution in [0.25, 0.3) is 0 Å². The van der Waals surface area contributed by atoms with Gasteiger partial charge >= 0.3 is 0 Å². The predicted molar refractivity (Wildman–Crippen MR) is 129 cm³/mol. The molecule has 0 bridgehead atoms. The van der Waals surface area contributed by atoms with E-state index >= 15 is 0 Å². The zero-order chi connectivity index (χ0) is 23.0. The maximum absolute atomic E-state index is 12.8. The third kappa shape index (κ3) is 6.66. The minimum Gasteiger partial charge on any atom is -0.493 e. The largest absolute Gasteiger partial charge is 0.493 e. The van der Waals surface area contributed by atoms with Gasteiger partial charge in [0.1, 0.15) is 5.75 Å². The summed E-state index contributed by atoms with van der Waals surface area (Å²) in [5.74, 6) is 0.166. The van der Waals surface area contributed by atoms with Crippen molar-refractivity contribution in [1.82, 2.24) is 4.72 Å². The first-order chi connectivity index (χ1) is 15.4. The topological polar surface area (TPSA) is 84.5 Å². The molecule has 0 saturated heterocycles. The van der Waals surface area contributed by atoms with Crippen LogP contribution >= 0.6 is 15.9 Å². The highest BCUT2D eigenvalue weighted by atomic mass is 79.9. The standard InChI is InChI=1S/C24H25BrN2O4S/c1-2-3-15-31-23-14-9-19(25)16-22(23)24(28)27-20-10-12-21(13-11-20)32(29,30)26-17-18-7-5-4-6-8-18/h4-14,16,26H,2-3,15,17H2,1H3,(H,27,28). The van der Waals surface area contributed by atoms with Crippen LogP contribution in [0.1, 0.15) is 35.7 Å². The van der Waals surface area contributed by atoms with E-state index in [0.29, 0.717) is 23.6 Å². The summed E-state index contributed by atoms with van der Waals surface area (Å²) in [5, 5.41) is 2.80. The molecule has 0 unspecified atom stereocenters. The van der Waals surface area contributed by atoms with Crippen molar-refractivity contribution >= 4 is 37.5 Å². The average Bonchev–Trinajstić information content (AvgIpc) is 2.80. The molecule has 0 aliphatic heterocycles. The summed E-state index contributed by atoms with van der Waals surface area (Å²) in [6.45, 7) is 2.80. The van der Waals surface area contributed by atoms with E-state index in [-0.39, 0.29) is 17.3 Å². The molecule has 0 aliphatic carbocycles. The molecule has 3 rings (SSSR count). The number of ether oxygens (including phenoxy) is 1. The highest BCUT2D eigenvalue weighted by molar-refractivity contribution is 9.10. The van der Waals surface area contributed by atoms with E-state index in [1.807, 2.05) is 36.4 Å². The van der Waals surface area contributed by atoms with E-state index in [0.717, 1.165) is 22.9 Å².